The van der Waals surface area contributed by atoms with E-state index >= 15 is 0 Å². The maximum absolute atomic E-state index is 12.6. The molecule has 0 aromatic heterocycles. The van der Waals surface area contributed by atoms with Crippen molar-refractivity contribution in [1.29, 1.82) is 5.26 Å². The van der Waals surface area contributed by atoms with E-state index in [4.69, 9.17) is 23.2 Å². The highest BCUT2D eigenvalue weighted by atomic mass is 79.9. The van der Waals surface area contributed by atoms with Gasteiger partial charge >= 0.3 is 0 Å². The molecule has 0 aliphatic rings. The molecule has 106 valence electrons. The van der Waals surface area contributed by atoms with Gasteiger partial charge in [-0.25, -0.2) is 0 Å². The van der Waals surface area contributed by atoms with Gasteiger partial charge in [-0.3, -0.25) is 4.79 Å². The third kappa shape index (κ3) is 3.29. The van der Waals surface area contributed by atoms with Gasteiger partial charge in [0.2, 0.25) is 0 Å². The molecule has 2 nitrogen and oxygen atoms in total. The van der Waals surface area contributed by atoms with Crippen LogP contribution < -0.4 is 0 Å². The number of rotatable bonds is 3. The number of aryl methyl sites for hydroxylation is 1. The Bertz CT molecular complexity index is 752. The zero-order valence-corrected chi connectivity index (χ0v) is 14.1. The molecule has 0 amide bonds. The fourth-order valence-electron chi connectivity index (χ4n) is 2.00. The Labute approximate surface area is 141 Å². The highest BCUT2D eigenvalue weighted by Gasteiger charge is 2.25. The fraction of sp³-hybridized carbons (Fsp3) is 0.125. The number of halogens is 3. The standard InChI is InChI=1S/C16H10BrCl2NO/c1-9-3-2-4-12(15(9)17)16(21)13(8-20)11-6-5-10(18)7-14(11)19/h2-7,13H,1H3. The molecule has 0 fully saturated rings. The SMILES string of the molecule is Cc1cccc(C(=O)C(C#N)c2ccc(Cl)cc2Cl)c1Br. The Balaban J connectivity index is 2.49. The zero-order chi connectivity index (χ0) is 15.6. The van der Waals surface area contributed by atoms with E-state index in [0.29, 0.717) is 25.6 Å². The molecule has 0 spiro atoms. The molecule has 1 atom stereocenters. The monoisotopic (exact) mass is 381 g/mol. The lowest BCUT2D eigenvalue weighted by atomic mass is 9.91. The molecule has 2 aromatic carbocycles. The van der Waals surface area contributed by atoms with E-state index < -0.39 is 5.92 Å². The van der Waals surface area contributed by atoms with E-state index in [1.165, 1.54) is 6.07 Å². The van der Waals surface area contributed by atoms with Gasteiger partial charge < -0.3 is 0 Å². The molecule has 0 radical (unpaired) electrons. The molecule has 21 heavy (non-hydrogen) atoms. The third-order valence-corrected chi connectivity index (χ3v) is 4.74. The Morgan fingerprint density at radius 2 is 2.00 bits per heavy atom. The first-order valence-corrected chi connectivity index (χ1v) is 7.64. The highest BCUT2D eigenvalue weighted by molar-refractivity contribution is 9.10. The van der Waals surface area contributed by atoms with Crippen LogP contribution in [0.5, 0.6) is 0 Å². The van der Waals surface area contributed by atoms with Crippen molar-refractivity contribution in [3.63, 3.8) is 0 Å². The average Bonchev–Trinajstić information content (AvgIpc) is 2.44. The lowest BCUT2D eigenvalue weighted by Crippen LogP contribution is -2.12. The van der Waals surface area contributed by atoms with Gasteiger partial charge in [0.1, 0.15) is 5.92 Å². The van der Waals surface area contributed by atoms with Crippen LogP contribution in [0.25, 0.3) is 0 Å². The van der Waals surface area contributed by atoms with Crippen molar-refractivity contribution < 1.29 is 4.79 Å². The van der Waals surface area contributed by atoms with Crippen LogP contribution >= 0.6 is 39.1 Å². The molecule has 0 saturated heterocycles. The molecule has 5 heteroatoms. The number of carbonyl (C=O) groups excluding carboxylic acids is 1. The first-order valence-electron chi connectivity index (χ1n) is 6.09. The number of benzene rings is 2. The molecule has 2 rings (SSSR count). The van der Waals surface area contributed by atoms with Crippen LogP contribution in [0.3, 0.4) is 0 Å². The van der Waals surface area contributed by atoms with Gasteiger partial charge in [-0.05, 0) is 46.1 Å². The van der Waals surface area contributed by atoms with Crippen molar-refractivity contribution in [2.45, 2.75) is 12.8 Å². The Hall–Kier alpha value is -1.34. The van der Waals surface area contributed by atoms with Crippen LogP contribution in [0, 0.1) is 18.3 Å². The van der Waals surface area contributed by atoms with Gasteiger partial charge in [-0.2, -0.15) is 5.26 Å². The van der Waals surface area contributed by atoms with Crippen LogP contribution in [0.2, 0.25) is 10.0 Å². The van der Waals surface area contributed by atoms with Gasteiger partial charge in [-0.15, -0.1) is 0 Å². The third-order valence-electron chi connectivity index (χ3n) is 3.12. The Kier molecular flexibility index (Phi) is 5.05. The topological polar surface area (TPSA) is 40.9 Å². The number of carbonyl (C=O) groups is 1. The van der Waals surface area contributed by atoms with Crippen LogP contribution in [-0.4, -0.2) is 5.78 Å². The first kappa shape index (κ1) is 16.0. The molecule has 0 heterocycles. The second-order valence-electron chi connectivity index (χ2n) is 4.53. The number of Topliss-reactive ketones (excluding diaryl/α,β-unsaturated/α-hetero) is 1. The van der Waals surface area contributed by atoms with Crippen LogP contribution in [0.1, 0.15) is 27.4 Å². The summed E-state index contributed by atoms with van der Waals surface area (Å²) in [4.78, 5) is 12.6. The molecule has 2 aromatic rings. The molecule has 1 unspecified atom stereocenters. The van der Waals surface area contributed by atoms with E-state index in [-0.39, 0.29) is 5.78 Å². The predicted molar refractivity (Wildman–Crippen MR) is 88.0 cm³/mol. The average molecular weight is 383 g/mol. The van der Waals surface area contributed by atoms with Crippen molar-refractivity contribution in [2.24, 2.45) is 0 Å². The van der Waals surface area contributed by atoms with Gasteiger partial charge in [0.15, 0.2) is 5.78 Å². The maximum Gasteiger partial charge on any atom is 0.185 e. The molecular weight excluding hydrogens is 373 g/mol. The van der Waals surface area contributed by atoms with Crippen LogP contribution in [0.4, 0.5) is 0 Å². The summed E-state index contributed by atoms with van der Waals surface area (Å²) in [7, 11) is 0. The molecular formula is C16H10BrCl2NO. The van der Waals surface area contributed by atoms with Crippen molar-refractivity contribution in [2.75, 3.05) is 0 Å². The number of nitriles is 1. The Morgan fingerprint density at radius 3 is 2.62 bits per heavy atom. The van der Waals surface area contributed by atoms with E-state index in [0.717, 1.165) is 5.56 Å². The molecule has 0 aliphatic heterocycles. The van der Waals surface area contributed by atoms with E-state index in [2.05, 4.69) is 15.9 Å². The predicted octanol–water partition coefficient (Wildman–Crippen LogP) is 5.55. The number of hydrogen-bond acceptors (Lipinski definition) is 2. The largest absolute Gasteiger partial charge is 0.292 e. The van der Waals surface area contributed by atoms with Crippen LogP contribution in [-0.2, 0) is 0 Å². The van der Waals surface area contributed by atoms with Gasteiger partial charge in [-0.1, -0.05) is 47.5 Å². The second-order valence-corrected chi connectivity index (χ2v) is 6.17. The summed E-state index contributed by atoms with van der Waals surface area (Å²) < 4.78 is 0.695. The summed E-state index contributed by atoms with van der Waals surface area (Å²) in [6.45, 7) is 1.89. The summed E-state index contributed by atoms with van der Waals surface area (Å²) in [5.41, 5.74) is 1.86. The smallest absolute Gasteiger partial charge is 0.185 e. The van der Waals surface area contributed by atoms with Gasteiger partial charge in [0.25, 0.3) is 0 Å². The van der Waals surface area contributed by atoms with Crippen molar-refractivity contribution >= 4 is 44.9 Å². The minimum Gasteiger partial charge on any atom is -0.292 e. The minimum atomic E-state index is -0.965. The molecule has 0 N–H and O–H groups in total. The maximum atomic E-state index is 12.6. The number of hydrogen-bond donors (Lipinski definition) is 0. The van der Waals surface area contributed by atoms with Gasteiger partial charge in [0.05, 0.1) is 6.07 Å². The van der Waals surface area contributed by atoms with Crippen molar-refractivity contribution in [3.05, 3.63) is 67.6 Å². The molecule has 0 saturated carbocycles. The summed E-state index contributed by atoms with van der Waals surface area (Å²) in [6.07, 6.45) is 0. The lowest BCUT2D eigenvalue weighted by Gasteiger charge is -2.13. The second kappa shape index (κ2) is 6.62. The zero-order valence-electron chi connectivity index (χ0n) is 11.0. The summed E-state index contributed by atoms with van der Waals surface area (Å²) in [5.74, 6) is -1.26. The summed E-state index contributed by atoms with van der Waals surface area (Å²) in [6, 6.07) is 12.1. The van der Waals surface area contributed by atoms with Crippen molar-refractivity contribution in [1.82, 2.24) is 0 Å². The number of ketones is 1. The van der Waals surface area contributed by atoms with Gasteiger partial charge in [0, 0.05) is 20.1 Å². The fourth-order valence-corrected chi connectivity index (χ4v) is 2.98. The van der Waals surface area contributed by atoms with E-state index in [9.17, 15) is 10.1 Å². The minimum absolute atomic E-state index is 0.294. The van der Waals surface area contributed by atoms with Crippen LogP contribution in [0.15, 0.2) is 40.9 Å². The quantitative estimate of drug-likeness (QED) is 0.652. The normalized spacial score (nSPS) is 11.8. The Morgan fingerprint density at radius 1 is 1.29 bits per heavy atom. The lowest BCUT2D eigenvalue weighted by molar-refractivity contribution is 0.0978. The molecule has 0 bridgehead atoms. The van der Waals surface area contributed by atoms with E-state index in [1.807, 2.05) is 19.1 Å². The molecule has 0 aliphatic carbocycles. The summed E-state index contributed by atoms with van der Waals surface area (Å²) >= 11 is 15.4. The van der Waals surface area contributed by atoms with Crippen molar-refractivity contribution in [3.8, 4) is 6.07 Å². The van der Waals surface area contributed by atoms with E-state index in [1.54, 1.807) is 24.3 Å². The highest BCUT2D eigenvalue weighted by Crippen LogP contribution is 2.32. The summed E-state index contributed by atoms with van der Waals surface area (Å²) in [5, 5.41) is 10.2. The number of nitrogens with zero attached hydrogens (tertiary/aromatic N) is 1. The first-order chi connectivity index (χ1) is 9.95.